The molecule has 4 nitrogen and oxygen atoms in total. The summed E-state index contributed by atoms with van der Waals surface area (Å²) in [6.45, 7) is 3.43. The summed E-state index contributed by atoms with van der Waals surface area (Å²) in [4.78, 5) is 13.8. The Labute approximate surface area is 139 Å². The molecule has 0 unspecified atom stereocenters. The molecule has 3 N–H and O–H groups in total. The fourth-order valence-electron chi connectivity index (χ4n) is 4.06. The summed E-state index contributed by atoms with van der Waals surface area (Å²) < 4.78 is 39.0. The molecule has 1 aromatic rings. The van der Waals surface area contributed by atoms with Gasteiger partial charge >= 0.3 is 6.18 Å². The number of alkyl halides is 3. The van der Waals surface area contributed by atoms with Crippen molar-refractivity contribution in [1.29, 1.82) is 0 Å². The van der Waals surface area contributed by atoms with Crippen LogP contribution in [-0.2, 0) is 12.7 Å². The molecule has 0 atom stereocenters. The van der Waals surface area contributed by atoms with Gasteiger partial charge < -0.3 is 11.1 Å². The van der Waals surface area contributed by atoms with Crippen LogP contribution in [0, 0.1) is 0 Å². The Morgan fingerprint density at radius 2 is 1.96 bits per heavy atom. The third-order valence-electron chi connectivity index (χ3n) is 5.30. The maximum atomic E-state index is 13.0. The molecule has 1 spiro atoms. The van der Waals surface area contributed by atoms with Gasteiger partial charge in [0.1, 0.15) is 0 Å². The first kappa shape index (κ1) is 17.2. The minimum Gasteiger partial charge on any atom is -0.366 e. The van der Waals surface area contributed by atoms with Gasteiger partial charge in [0, 0.05) is 12.1 Å². The lowest BCUT2D eigenvalue weighted by atomic mass is 9.85. The van der Waals surface area contributed by atoms with Crippen LogP contribution in [-0.4, -0.2) is 36.0 Å². The zero-order chi connectivity index (χ0) is 17.4. The number of nitrogens with zero attached hydrogens (tertiary/aromatic N) is 1. The highest BCUT2D eigenvalue weighted by molar-refractivity contribution is 5.94. The molecule has 0 saturated carbocycles. The fraction of sp³-hybridized carbons (Fsp3) is 0.588. The molecule has 2 aliphatic rings. The van der Waals surface area contributed by atoms with Crippen LogP contribution in [0.25, 0.3) is 0 Å². The minimum absolute atomic E-state index is 0.140. The topological polar surface area (TPSA) is 58.4 Å². The lowest BCUT2D eigenvalue weighted by Crippen LogP contribution is -2.50. The highest BCUT2D eigenvalue weighted by Crippen LogP contribution is 2.38. The van der Waals surface area contributed by atoms with Crippen molar-refractivity contribution in [2.45, 2.75) is 43.9 Å². The van der Waals surface area contributed by atoms with Gasteiger partial charge in [-0.3, -0.25) is 9.69 Å². The second kappa shape index (κ2) is 6.37. The number of nitrogens with one attached hydrogen (secondary N) is 1. The number of rotatable bonds is 3. The smallest absolute Gasteiger partial charge is 0.366 e. The second-order valence-electron chi connectivity index (χ2n) is 6.74. The predicted molar refractivity (Wildman–Crippen MR) is 84.4 cm³/mol. The van der Waals surface area contributed by atoms with Gasteiger partial charge in [-0.25, -0.2) is 0 Å². The number of hydrogen-bond donors (Lipinski definition) is 2. The van der Waals surface area contributed by atoms with Crippen molar-refractivity contribution >= 4 is 5.91 Å². The Morgan fingerprint density at radius 3 is 2.58 bits per heavy atom. The average molecular weight is 341 g/mol. The summed E-state index contributed by atoms with van der Waals surface area (Å²) in [6.07, 6.45) is -0.249. The van der Waals surface area contributed by atoms with E-state index in [0.29, 0.717) is 12.1 Å². The molecule has 3 rings (SSSR count). The van der Waals surface area contributed by atoms with E-state index in [-0.39, 0.29) is 5.54 Å². The number of hydrogen-bond acceptors (Lipinski definition) is 3. The van der Waals surface area contributed by atoms with Gasteiger partial charge in [-0.05, 0) is 63.0 Å². The summed E-state index contributed by atoms with van der Waals surface area (Å²) in [7, 11) is 0. The van der Waals surface area contributed by atoms with E-state index in [1.54, 1.807) is 0 Å². The van der Waals surface area contributed by atoms with Crippen molar-refractivity contribution in [1.82, 2.24) is 10.2 Å². The van der Waals surface area contributed by atoms with E-state index in [9.17, 15) is 18.0 Å². The normalized spacial score (nSPS) is 21.3. The first-order valence-electron chi connectivity index (χ1n) is 8.28. The average Bonchev–Trinajstić information content (AvgIpc) is 2.89. The Hall–Kier alpha value is -1.60. The van der Waals surface area contributed by atoms with E-state index < -0.39 is 23.2 Å². The third kappa shape index (κ3) is 3.28. The zero-order valence-electron chi connectivity index (χ0n) is 13.5. The van der Waals surface area contributed by atoms with E-state index in [2.05, 4.69) is 10.2 Å². The molecule has 1 aromatic carbocycles. The number of carbonyl (C=O) groups is 1. The van der Waals surface area contributed by atoms with E-state index in [0.717, 1.165) is 51.4 Å². The SMILES string of the molecule is NC(=O)c1cc(CN2CCCC23CCNCC3)ccc1C(F)(F)F. The molecule has 2 heterocycles. The first-order valence-corrected chi connectivity index (χ1v) is 8.28. The van der Waals surface area contributed by atoms with Crippen molar-refractivity contribution in [2.24, 2.45) is 5.73 Å². The summed E-state index contributed by atoms with van der Waals surface area (Å²) in [5.41, 5.74) is 4.60. The van der Waals surface area contributed by atoms with Crippen LogP contribution < -0.4 is 11.1 Å². The van der Waals surface area contributed by atoms with E-state index in [1.807, 2.05) is 0 Å². The standard InChI is InChI=1S/C17H22F3N3O/c18-17(19,20)14-3-2-12(10-13(14)15(21)24)11-23-9-1-4-16(23)5-7-22-8-6-16/h2-3,10,22H,1,4-9,11H2,(H2,21,24). The molecule has 24 heavy (non-hydrogen) atoms. The minimum atomic E-state index is -4.58. The van der Waals surface area contributed by atoms with Crippen LogP contribution in [0.4, 0.5) is 13.2 Å². The molecule has 7 heteroatoms. The lowest BCUT2D eigenvalue weighted by molar-refractivity contribution is -0.137. The Bertz CT molecular complexity index is 624. The van der Waals surface area contributed by atoms with Crippen molar-refractivity contribution in [3.05, 3.63) is 34.9 Å². The number of likely N-dealkylation sites (tertiary alicyclic amines) is 1. The maximum absolute atomic E-state index is 13.0. The number of benzene rings is 1. The monoisotopic (exact) mass is 341 g/mol. The van der Waals surface area contributed by atoms with Crippen LogP contribution in [0.1, 0.15) is 47.2 Å². The van der Waals surface area contributed by atoms with Gasteiger partial charge in [-0.15, -0.1) is 0 Å². The van der Waals surface area contributed by atoms with Crippen molar-refractivity contribution in [2.75, 3.05) is 19.6 Å². The zero-order valence-corrected chi connectivity index (χ0v) is 13.5. The molecular formula is C17H22F3N3O. The van der Waals surface area contributed by atoms with Gasteiger partial charge in [0.05, 0.1) is 11.1 Å². The van der Waals surface area contributed by atoms with E-state index in [1.165, 1.54) is 12.1 Å². The second-order valence-corrected chi connectivity index (χ2v) is 6.74. The molecule has 0 radical (unpaired) electrons. The van der Waals surface area contributed by atoms with E-state index >= 15 is 0 Å². The van der Waals surface area contributed by atoms with Gasteiger partial charge in [-0.2, -0.15) is 13.2 Å². The highest BCUT2D eigenvalue weighted by atomic mass is 19.4. The number of carbonyl (C=O) groups excluding carboxylic acids is 1. The Balaban J connectivity index is 1.85. The third-order valence-corrected chi connectivity index (χ3v) is 5.30. The molecule has 0 aliphatic carbocycles. The quantitative estimate of drug-likeness (QED) is 0.888. The molecule has 0 bridgehead atoms. The molecular weight excluding hydrogens is 319 g/mol. The summed E-state index contributed by atoms with van der Waals surface area (Å²) in [5, 5.41) is 3.36. The summed E-state index contributed by atoms with van der Waals surface area (Å²) >= 11 is 0. The molecule has 1 amide bonds. The van der Waals surface area contributed by atoms with Gasteiger partial charge in [0.15, 0.2) is 0 Å². The maximum Gasteiger partial charge on any atom is 0.417 e. The summed E-state index contributed by atoms with van der Waals surface area (Å²) in [5.74, 6) is -1.04. The number of piperidine rings is 1. The van der Waals surface area contributed by atoms with Gasteiger partial charge in [0.25, 0.3) is 0 Å². The molecule has 0 aromatic heterocycles. The fourth-order valence-corrected chi connectivity index (χ4v) is 4.06. The van der Waals surface area contributed by atoms with Gasteiger partial charge in [-0.1, -0.05) is 6.07 Å². The number of amides is 1. The molecule has 2 aliphatic heterocycles. The van der Waals surface area contributed by atoms with Crippen LogP contribution in [0.5, 0.6) is 0 Å². The molecule has 132 valence electrons. The van der Waals surface area contributed by atoms with Crippen molar-refractivity contribution in [3.63, 3.8) is 0 Å². The Morgan fingerprint density at radius 1 is 1.25 bits per heavy atom. The number of nitrogens with two attached hydrogens (primary N) is 1. The lowest BCUT2D eigenvalue weighted by Gasteiger charge is -2.42. The first-order chi connectivity index (χ1) is 11.3. The number of halogens is 3. The molecule has 2 fully saturated rings. The van der Waals surface area contributed by atoms with Crippen molar-refractivity contribution in [3.8, 4) is 0 Å². The molecule has 2 saturated heterocycles. The van der Waals surface area contributed by atoms with Crippen LogP contribution in [0.15, 0.2) is 18.2 Å². The summed E-state index contributed by atoms with van der Waals surface area (Å²) in [6, 6.07) is 3.74. The van der Waals surface area contributed by atoms with Crippen LogP contribution >= 0.6 is 0 Å². The predicted octanol–water partition coefficient (Wildman–Crippen LogP) is 2.52. The largest absolute Gasteiger partial charge is 0.417 e. The van der Waals surface area contributed by atoms with Crippen LogP contribution in [0.3, 0.4) is 0 Å². The van der Waals surface area contributed by atoms with Crippen LogP contribution in [0.2, 0.25) is 0 Å². The van der Waals surface area contributed by atoms with Gasteiger partial charge in [0.2, 0.25) is 5.91 Å². The Kier molecular flexibility index (Phi) is 4.57. The number of primary amides is 1. The van der Waals surface area contributed by atoms with E-state index in [4.69, 9.17) is 5.73 Å². The van der Waals surface area contributed by atoms with Crippen molar-refractivity contribution < 1.29 is 18.0 Å². The highest BCUT2D eigenvalue weighted by Gasteiger charge is 2.41.